The van der Waals surface area contributed by atoms with Gasteiger partial charge in [0.05, 0.1) is 18.1 Å². The van der Waals surface area contributed by atoms with E-state index in [-0.39, 0.29) is 41.9 Å². The van der Waals surface area contributed by atoms with E-state index < -0.39 is 33.3 Å². The zero-order valence-corrected chi connectivity index (χ0v) is 22.9. The van der Waals surface area contributed by atoms with Crippen LogP contribution in [0.25, 0.3) is 0 Å². The first kappa shape index (κ1) is 27.6. The highest BCUT2D eigenvalue weighted by Gasteiger charge is 2.65. The van der Waals surface area contributed by atoms with Crippen molar-refractivity contribution >= 4 is 46.9 Å². The molecule has 4 aliphatic rings. The lowest BCUT2D eigenvalue weighted by Crippen LogP contribution is -2.64. The summed E-state index contributed by atoms with van der Waals surface area (Å²) in [6, 6.07) is -0.283. The Morgan fingerprint density at radius 3 is 2.43 bits per heavy atom. The average Bonchev–Trinajstić information content (AvgIpc) is 3.09. The predicted molar refractivity (Wildman–Crippen MR) is 134 cm³/mol. The lowest BCUT2D eigenvalue weighted by atomic mass is 9.43. The number of alkyl carbamates (subject to hydrolysis) is 1. The molecule has 0 aromatic heterocycles. The number of carboxylic acid groups (broad SMARTS) is 1. The van der Waals surface area contributed by atoms with Gasteiger partial charge in [0.25, 0.3) is 0 Å². The molecule has 0 saturated heterocycles. The molecule has 10 heteroatoms. The molecule has 7 nitrogen and oxygen atoms in total. The first-order chi connectivity index (χ1) is 16.3. The third-order valence-electron chi connectivity index (χ3n) is 9.97. The summed E-state index contributed by atoms with van der Waals surface area (Å²) in [6.07, 6.45) is 4.03. The van der Waals surface area contributed by atoms with Crippen LogP contribution in [0.2, 0.25) is 0 Å². The van der Waals surface area contributed by atoms with E-state index >= 15 is 0 Å². The minimum absolute atomic E-state index is 0.114. The van der Waals surface area contributed by atoms with Gasteiger partial charge in [0, 0.05) is 12.6 Å². The highest BCUT2D eigenvalue weighted by molar-refractivity contribution is 6.67. The van der Waals surface area contributed by atoms with E-state index in [0.29, 0.717) is 38.2 Å². The lowest BCUT2D eigenvalue weighted by Gasteiger charge is -2.63. The van der Waals surface area contributed by atoms with Crippen LogP contribution in [-0.2, 0) is 14.3 Å². The van der Waals surface area contributed by atoms with Crippen LogP contribution in [-0.4, -0.2) is 57.5 Å². The van der Waals surface area contributed by atoms with Crippen LogP contribution >= 0.6 is 34.8 Å². The second-order valence-electron chi connectivity index (χ2n) is 11.7. The fourth-order valence-electron chi connectivity index (χ4n) is 8.71. The Balaban J connectivity index is 1.67. The number of nitrogens with one attached hydrogen (secondary N) is 1. The first-order valence-corrected chi connectivity index (χ1v) is 14.0. The Hall–Kier alpha value is -0.470. The second-order valence-corrected chi connectivity index (χ2v) is 14.2. The van der Waals surface area contributed by atoms with Crippen molar-refractivity contribution in [3.05, 3.63) is 0 Å². The summed E-state index contributed by atoms with van der Waals surface area (Å²) in [4.78, 5) is 25.0. The Bertz CT molecular complexity index is 824. The Morgan fingerprint density at radius 1 is 1.09 bits per heavy atom. The van der Waals surface area contributed by atoms with Gasteiger partial charge in [-0.2, -0.15) is 0 Å². The number of amides is 1. The average molecular weight is 555 g/mol. The molecular formula is C25H38Cl3NO6. The van der Waals surface area contributed by atoms with E-state index in [9.17, 15) is 19.8 Å². The summed E-state index contributed by atoms with van der Waals surface area (Å²) in [5, 5.41) is 23.9. The van der Waals surface area contributed by atoms with E-state index in [2.05, 4.69) is 19.2 Å². The van der Waals surface area contributed by atoms with E-state index in [0.717, 1.165) is 19.3 Å². The maximum Gasteiger partial charge on any atom is 0.407 e. The normalized spacial score (nSPS) is 45.1. The standard InChI is InChI=1S/C25H38Cl3NO6/c1-4-34-19-11-23(2)13(9-18(19)30)5-6-14-15-7-8-16(21(31)32)24(15,3)10-17(20(14)23)29-22(33)35-12-25(26,27)28/h13-20,30H,4-12H2,1-3H3,(H,29,33)(H,31,32)/t13-,14-,15-,16+,17+,18-,19-,20+,23-,24-/m0/s1. The van der Waals surface area contributed by atoms with Gasteiger partial charge < -0.3 is 25.0 Å². The minimum atomic E-state index is -1.71. The topological polar surface area (TPSA) is 105 Å². The molecule has 0 radical (unpaired) electrons. The van der Waals surface area contributed by atoms with Gasteiger partial charge in [0.1, 0.15) is 6.61 Å². The molecular weight excluding hydrogens is 517 g/mol. The van der Waals surface area contributed by atoms with Crippen molar-refractivity contribution in [2.24, 2.45) is 40.4 Å². The number of carbonyl (C=O) groups excluding carboxylic acids is 1. The molecule has 0 bridgehead atoms. The number of halogens is 3. The molecule has 3 N–H and O–H groups in total. The van der Waals surface area contributed by atoms with Gasteiger partial charge in [0.2, 0.25) is 3.79 Å². The maximum absolute atomic E-state index is 12.8. The summed E-state index contributed by atoms with van der Waals surface area (Å²) in [5.41, 5.74) is -0.589. The predicted octanol–water partition coefficient (Wildman–Crippen LogP) is 5.18. The molecule has 4 saturated carbocycles. The largest absolute Gasteiger partial charge is 0.481 e. The number of aliphatic hydroxyl groups is 1. The van der Waals surface area contributed by atoms with Gasteiger partial charge in [-0.25, -0.2) is 4.79 Å². The summed E-state index contributed by atoms with van der Waals surface area (Å²) in [5.74, 6) is -0.233. The number of aliphatic hydroxyl groups excluding tert-OH is 1. The molecule has 0 aromatic carbocycles. The number of alkyl halides is 3. The number of carbonyl (C=O) groups is 2. The van der Waals surface area contributed by atoms with Gasteiger partial charge in [-0.3, -0.25) is 4.79 Å². The van der Waals surface area contributed by atoms with Crippen molar-refractivity contribution < 1.29 is 29.3 Å². The lowest BCUT2D eigenvalue weighted by molar-refractivity contribution is -0.181. The molecule has 0 heterocycles. The quantitative estimate of drug-likeness (QED) is 0.405. The summed E-state index contributed by atoms with van der Waals surface area (Å²) in [6.45, 7) is 6.46. The molecule has 0 aliphatic heterocycles. The van der Waals surface area contributed by atoms with Crippen molar-refractivity contribution in [1.82, 2.24) is 5.32 Å². The third-order valence-corrected chi connectivity index (χ3v) is 10.3. The van der Waals surface area contributed by atoms with Crippen molar-refractivity contribution in [2.45, 2.75) is 87.8 Å². The minimum Gasteiger partial charge on any atom is -0.481 e. The number of carboxylic acids is 1. The summed E-state index contributed by atoms with van der Waals surface area (Å²) < 4.78 is 9.47. The first-order valence-electron chi connectivity index (χ1n) is 12.8. The summed E-state index contributed by atoms with van der Waals surface area (Å²) in [7, 11) is 0. The SMILES string of the molecule is CCO[C@H]1C[C@@]2(C)[C@@H](CC[C@@H]3[C@@H]2[C@H](NC(=O)OCC(Cl)(Cl)Cl)C[C@]2(C)[C@@H](C(=O)O)CC[C@@H]32)C[C@@H]1O. The highest BCUT2D eigenvalue weighted by Crippen LogP contribution is 2.67. The number of hydrogen-bond acceptors (Lipinski definition) is 5. The number of ether oxygens (including phenoxy) is 2. The number of fused-ring (bicyclic) bond motifs is 5. The molecule has 0 spiro atoms. The number of aliphatic carboxylic acids is 1. The third kappa shape index (κ3) is 5.14. The van der Waals surface area contributed by atoms with Crippen LogP contribution in [0.4, 0.5) is 4.79 Å². The molecule has 0 unspecified atom stereocenters. The van der Waals surface area contributed by atoms with Crippen LogP contribution < -0.4 is 5.32 Å². The molecule has 10 atom stereocenters. The van der Waals surface area contributed by atoms with Gasteiger partial charge >= 0.3 is 12.1 Å². The molecule has 1 amide bonds. The smallest absolute Gasteiger partial charge is 0.407 e. The van der Waals surface area contributed by atoms with E-state index in [1.165, 1.54) is 0 Å². The Labute approximate surface area is 222 Å². The monoisotopic (exact) mass is 553 g/mol. The van der Waals surface area contributed by atoms with Crippen LogP contribution in [0.3, 0.4) is 0 Å². The highest BCUT2D eigenvalue weighted by atomic mass is 35.6. The maximum atomic E-state index is 12.8. The fraction of sp³-hybridized carbons (Fsp3) is 0.920. The van der Waals surface area contributed by atoms with Gasteiger partial charge in [-0.1, -0.05) is 48.7 Å². The van der Waals surface area contributed by atoms with Crippen molar-refractivity contribution in [2.75, 3.05) is 13.2 Å². The molecule has 35 heavy (non-hydrogen) atoms. The van der Waals surface area contributed by atoms with Gasteiger partial charge in [0.15, 0.2) is 0 Å². The molecule has 4 rings (SSSR count). The van der Waals surface area contributed by atoms with Crippen molar-refractivity contribution in [3.8, 4) is 0 Å². The molecule has 0 aromatic rings. The van der Waals surface area contributed by atoms with Gasteiger partial charge in [-0.05, 0) is 86.4 Å². The van der Waals surface area contributed by atoms with E-state index in [1.807, 2.05) is 6.92 Å². The van der Waals surface area contributed by atoms with E-state index in [1.54, 1.807) is 0 Å². The van der Waals surface area contributed by atoms with Gasteiger partial charge in [-0.15, -0.1) is 0 Å². The zero-order valence-electron chi connectivity index (χ0n) is 20.6. The van der Waals surface area contributed by atoms with Crippen LogP contribution in [0.1, 0.15) is 65.7 Å². The van der Waals surface area contributed by atoms with Crippen molar-refractivity contribution in [3.63, 3.8) is 0 Å². The van der Waals surface area contributed by atoms with Crippen LogP contribution in [0.15, 0.2) is 0 Å². The van der Waals surface area contributed by atoms with Crippen LogP contribution in [0, 0.1) is 40.4 Å². The zero-order chi connectivity index (χ0) is 25.8. The Kier molecular flexibility index (Phi) is 7.88. The number of rotatable bonds is 5. The van der Waals surface area contributed by atoms with Crippen molar-refractivity contribution in [1.29, 1.82) is 0 Å². The molecule has 4 aliphatic carbocycles. The number of hydrogen-bond donors (Lipinski definition) is 3. The van der Waals surface area contributed by atoms with E-state index in [4.69, 9.17) is 44.3 Å². The fourth-order valence-corrected chi connectivity index (χ4v) is 8.87. The molecule has 4 fully saturated rings. The second kappa shape index (κ2) is 10.0. The van der Waals surface area contributed by atoms with Crippen LogP contribution in [0.5, 0.6) is 0 Å². The Morgan fingerprint density at radius 2 is 1.80 bits per heavy atom. The summed E-state index contributed by atoms with van der Waals surface area (Å²) >= 11 is 17.3. The molecule has 200 valence electrons.